The predicted octanol–water partition coefficient (Wildman–Crippen LogP) is 3.29. The van der Waals surface area contributed by atoms with Gasteiger partial charge in [-0.25, -0.2) is 0 Å². The van der Waals surface area contributed by atoms with Gasteiger partial charge >= 0.3 is 5.97 Å². The van der Waals surface area contributed by atoms with Gasteiger partial charge in [0.25, 0.3) is 0 Å². The van der Waals surface area contributed by atoms with Gasteiger partial charge in [-0.1, -0.05) is 52.3 Å². The van der Waals surface area contributed by atoms with Crippen LogP contribution in [-0.2, 0) is 19.1 Å². The number of aliphatic hydroxyl groups excluding tert-OH is 2. The number of rotatable bonds is 5. The van der Waals surface area contributed by atoms with Crippen molar-refractivity contribution in [1.82, 2.24) is 0 Å². The number of ketones is 2. The Balaban J connectivity index is 1.85. The van der Waals surface area contributed by atoms with Crippen molar-refractivity contribution in [1.29, 1.82) is 0 Å². The Bertz CT molecular complexity index is 1160. The molecule has 0 aromatic rings. The van der Waals surface area contributed by atoms with Crippen LogP contribution in [0.4, 0.5) is 0 Å². The minimum absolute atomic E-state index is 0.00350. The largest absolute Gasteiger partial charge is 0.462 e. The van der Waals surface area contributed by atoms with Gasteiger partial charge in [-0.15, -0.1) is 0 Å². The summed E-state index contributed by atoms with van der Waals surface area (Å²) in [4.78, 5) is 40.2. The average molecular weight is 561 g/mol. The molecule has 0 aliphatic heterocycles. The normalized spacial score (nSPS) is 44.2. The van der Waals surface area contributed by atoms with Crippen molar-refractivity contribution in [2.24, 2.45) is 39.4 Å². The van der Waals surface area contributed by atoms with E-state index in [4.69, 9.17) is 4.74 Å². The van der Waals surface area contributed by atoms with Gasteiger partial charge in [-0.05, 0) is 68.8 Å². The first-order chi connectivity index (χ1) is 18.0. The number of carbonyl (C=O) groups is 3. The van der Waals surface area contributed by atoms with Crippen LogP contribution in [-0.4, -0.2) is 67.5 Å². The third-order valence-corrected chi connectivity index (χ3v) is 11.7. The van der Waals surface area contributed by atoms with E-state index in [2.05, 4.69) is 13.0 Å². The predicted molar refractivity (Wildman–Crippen MR) is 149 cm³/mol. The number of ether oxygens (including phenoxy) is 1. The van der Waals surface area contributed by atoms with Crippen molar-refractivity contribution in [2.45, 2.75) is 118 Å². The minimum atomic E-state index is -1.98. The minimum Gasteiger partial charge on any atom is -0.462 e. The van der Waals surface area contributed by atoms with Gasteiger partial charge in [0.05, 0.1) is 17.8 Å². The van der Waals surface area contributed by atoms with E-state index in [1.807, 2.05) is 27.7 Å². The highest BCUT2D eigenvalue weighted by molar-refractivity contribution is 5.97. The van der Waals surface area contributed by atoms with Gasteiger partial charge in [-0.3, -0.25) is 14.4 Å². The van der Waals surface area contributed by atoms with Crippen LogP contribution in [0.5, 0.6) is 0 Å². The van der Waals surface area contributed by atoms with Crippen molar-refractivity contribution in [3.63, 3.8) is 0 Å². The van der Waals surface area contributed by atoms with Crippen LogP contribution in [0, 0.1) is 39.4 Å². The summed E-state index contributed by atoms with van der Waals surface area (Å²) >= 11 is 0. The molecule has 0 aromatic carbocycles. The van der Waals surface area contributed by atoms with Crippen LogP contribution in [0.25, 0.3) is 0 Å². The molecule has 8 nitrogen and oxygen atoms in total. The van der Waals surface area contributed by atoms with Crippen LogP contribution in [0.15, 0.2) is 23.8 Å². The smallest absolute Gasteiger partial charge is 0.302 e. The second-order valence-electron chi connectivity index (χ2n) is 15.0. The summed E-state index contributed by atoms with van der Waals surface area (Å²) in [7, 11) is 0. The van der Waals surface area contributed by atoms with E-state index < -0.39 is 68.8 Å². The van der Waals surface area contributed by atoms with Gasteiger partial charge in [-0.2, -0.15) is 0 Å². The molecular weight excluding hydrogens is 512 g/mol. The molecule has 8 heteroatoms. The zero-order valence-electron chi connectivity index (χ0n) is 25.4. The zero-order valence-corrected chi connectivity index (χ0v) is 25.4. The maximum absolute atomic E-state index is 14.4. The molecule has 10 atom stereocenters. The summed E-state index contributed by atoms with van der Waals surface area (Å²) < 4.78 is 5.82. The summed E-state index contributed by atoms with van der Waals surface area (Å²) in [6.45, 7) is 15.6. The third-order valence-electron chi connectivity index (χ3n) is 11.7. The lowest BCUT2D eigenvalue weighted by molar-refractivity contribution is -0.187. The number of fused-ring (bicyclic) bond motifs is 5. The molecule has 0 saturated heterocycles. The van der Waals surface area contributed by atoms with Crippen LogP contribution >= 0.6 is 0 Å². The molecule has 4 rings (SSSR count). The first-order valence-corrected chi connectivity index (χ1v) is 14.5. The molecule has 4 aliphatic rings. The van der Waals surface area contributed by atoms with Gasteiger partial charge in [0, 0.05) is 30.1 Å². The number of esters is 1. The Hall–Kier alpha value is -1.87. The Labute approximate surface area is 237 Å². The Morgan fingerprint density at radius 3 is 2.20 bits per heavy atom. The van der Waals surface area contributed by atoms with Gasteiger partial charge < -0.3 is 25.2 Å². The van der Waals surface area contributed by atoms with Gasteiger partial charge in [0.1, 0.15) is 17.5 Å². The molecular formula is C32H48O8. The van der Waals surface area contributed by atoms with Crippen LogP contribution in [0.1, 0.15) is 88.0 Å². The number of carbonyl (C=O) groups excluding carboxylic acids is 3. The molecule has 0 spiro atoms. The lowest BCUT2D eigenvalue weighted by Gasteiger charge is -2.65. The van der Waals surface area contributed by atoms with Crippen molar-refractivity contribution >= 4 is 17.5 Å². The summed E-state index contributed by atoms with van der Waals surface area (Å²) in [6, 6.07) is 0. The first-order valence-electron chi connectivity index (χ1n) is 14.5. The SMILES string of the molecule is CC(=O)O[C@@H]1C[C@@]2(C)C3CC=C4[C@@H](C[C@@H](O)[C@H](O)C4(C)C)[C@]3(C)C(=O)C[C@]2(C)C1[C@@](C)(O)C(=O)/C=C/C(C)(C)O. The molecule has 3 fully saturated rings. The van der Waals surface area contributed by atoms with Crippen LogP contribution in [0.2, 0.25) is 0 Å². The molecule has 4 aliphatic carbocycles. The van der Waals surface area contributed by atoms with E-state index in [0.29, 0.717) is 12.8 Å². The Kier molecular flexibility index (Phi) is 7.24. The second kappa shape index (κ2) is 9.32. The van der Waals surface area contributed by atoms with Crippen molar-refractivity contribution in [2.75, 3.05) is 0 Å². The second-order valence-corrected chi connectivity index (χ2v) is 15.0. The highest BCUT2D eigenvalue weighted by atomic mass is 16.5. The summed E-state index contributed by atoms with van der Waals surface area (Å²) in [5, 5.41) is 43.7. The van der Waals surface area contributed by atoms with Crippen molar-refractivity contribution < 1.29 is 39.5 Å². The van der Waals surface area contributed by atoms with E-state index in [9.17, 15) is 34.8 Å². The molecule has 4 N–H and O–H groups in total. The number of hydrogen-bond donors (Lipinski definition) is 4. The van der Waals surface area contributed by atoms with Crippen LogP contribution in [0.3, 0.4) is 0 Å². The maximum Gasteiger partial charge on any atom is 0.302 e. The number of hydrogen-bond acceptors (Lipinski definition) is 8. The van der Waals surface area contributed by atoms with E-state index in [-0.39, 0.29) is 30.5 Å². The lowest BCUT2D eigenvalue weighted by Crippen LogP contribution is -2.65. The Morgan fingerprint density at radius 2 is 1.65 bits per heavy atom. The quantitative estimate of drug-likeness (QED) is 0.228. The zero-order chi connectivity index (χ0) is 30.4. The summed E-state index contributed by atoms with van der Waals surface area (Å²) in [5.41, 5.74) is -5.31. The molecule has 40 heavy (non-hydrogen) atoms. The standard InChI is InChI=1S/C32H48O8/c1-17(33)40-21-15-29(6)22-11-10-18-19(14-20(34)26(37)28(18,4)5)31(22,8)24(36)16-30(29,7)25(21)32(9,39)23(35)12-13-27(2,3)38/h10,12-13,19-22,25-26,34,37-39H,11,14-16H2,1-9H3/b13-12+/t19-,20-,21-,22?,25?,26+,29+,30-,31+,32+/m1/s1. The molecule has 3 saturated carbocycles. The van der Waals surface area contributed by atoms with Gasteiger partial charge in [0.15, 0.2) is 5.78 Å². The first kappa shape index (κ1) is 31.1. The fourth-order valence-corrected chi connectivity index (χ4v) is 9.43. The van der Waals surface area contributed by atoms with Gasteiger partial charge in [0.2, 0.25) is 0 Å². The van der Waals surface area contributed by atoms with E-state index in [0.717, 1.165) is 5.57 Å². The Morgan fingerprint density at radius 1 is 1.05 bits per heavy atom. The molecule has 0 amide bonds. The average Bonchev–Trinajstić information content (AvgIpc) is 3.02. The third kappa shape index (κ3) is 4.27. The number of Topliss-reactive ketones (excluding diaryl/α,β-unsaturated/α-hetero) is 1. The number of allylic oxidation sites excluding steroid dienone is 1. The highest BCUT2D eigenvalue weighted by Crippen LogP contribution is 2.74. The van der Waals surface area contributed by atoms with Crippen molar-refractivity contribution in [3.05, 3.63) is 23.8 Å². The fraction of sp³-hybridized carbons (Fsp3) is 0.781. The molecule has 0 bridgehead atoms. The van der Waals surface area contributed by atoms with E-state index in [1.54, 1.807) is 0 Å². The molecule has 0 heterocycles. The molecule has 0 aromatic heterocycles. The molecule has 0 radical (unpaired) electrons. The van der Waals surface area contributed by atoms with Crippen molar-refractivity contribution in [3.8, 4) is 0 Å². The topological polar surface area (TPSA) is 141 Å². The monoisotopic (exact) mass is 560 g/mol. The lowest BCUT2D eigenvalue weighted by atomic mass is 9.38. The highest BCUT2D eigenvalue weighted by Gasteiger charge is 2.75. The van der Waals surface area contributed by atoms with E-state index >= 15 is 0 Å². The van der Waals surface area contributed by atoms with Crippen LogP contribution < -0.4 is 0 Å². The summed E-state index contributed by atoms with van der Waals surface area (Å²) in [5.74, 6) is -2.50. The molecule has 2 unspecified atom stereocenters. The van der Waals surface area contributed by atoms with E-state index in [1.165, 1.54) is 39.8 Å². The fourth-order valence-electron chi connectivity index (χ4n) is 9.43. The number of aliphatic hydroxyl groups is 4. The maximum atomic E-state index is 14.4. The summed E-state index contributed by atoms with van der Waals surface area (Å²) in [6.07, 6.45) is 3.18. The molecule has 224 valence electrons.